The highest BCUT2D eigenvalue weighted by Gasteiger charge is 2.24. The molecule has 1 saturated heterocycles. The van der Waals surface area contributed by atoms with E-state index in [2.05, 4.69) is 25.8 Å². The van der Waals surface area contributed by atoms with Crippen molar-refractivity contribution in [3.8, 4) is 0 Å². The van der Waals surface area contributed by atoms with E-state index in [1.165, 1.54) is 5.17 Å². The van der Waals surface area contributed by atoms with Crippen LogP contribution < -0.4 is 0 Å². The van der Waals surface area contributed by atoms with Gasteiger partial charge in [0.05, 0.1) is 19.8 Å². The molecule has 1 unspecified atom stereocenters. The van der Waals surface area contributed by atoms with Gasteiger partial charge in [0.15, 0.2) is 5.17 Å². The maximum atomic E-state index is 5.30. The largest absolute Gasteiger partial charge is 0.378 e. The van der Waals surface area contributed by atoms with Gasteiger partial charge in [0.2, 0.25) is 0 Å². The predicted molar refractivity (Wildman–Crippen MR) is 70.2 cm³/mol. The molecular weight excluding hydrogens is 332 g/mol. The molecule has 6 heteroatoms. The number of aliphatic imine (C=N–C) groups is 1. The molecule has 2 rings (SSSR count). The zero-order valence-corrected chi connectivity index (χ0v) is 11.9. The Balaban J connectivity index is 0.000000980. The van der Waals surface area contributed by atoms with E-state index in [-0.39, 0.29) is 17.0 Å². The Morgan fingerprint density at radius 3 is 2.79 bits per heavy atom. The van der Waals surface area contributed by atoms with Crippen LogP contribution in [0.1, 0.15) is 0 Å². The number of thioether (sulfide) groups is 1. The zero-order chi connectivity index (χ0) is 9.10. The van der Waals surface area contributed by atoms with Gasteiger partial charge < -0.3 is 9.64 Å². The molecule has 3 nitrogen and oxygen atoms in total. The van der Waals surface area contributed by atoms with E-state index < -0.39 is 0 Å². The van der Waals surface area contributed by atoms with Gasteiger partial charge in [-0.15, -0.1) is 17.0 Å². The maximum absolute atomic E-state index is 5.30. The van der Waals surface area contributed by atoms with Gasteiger partial charge in [-0.1, -0.05) is 27.7 Å². The number of rotatable bonds is 1. The first kappa shape index (κ1) is 12.8. The monoisotopic (exact) mass is 344 g/mol. The van der Waals surface area contributed by atoms with Crippen LogP contribution in [0.4, 0.5) is 0 Å². The standard InChI is InChI=1S/C8H13BrN2OS.BrH/c9-5-7-6-10-8(13-7)11-1-3-12-4-2-11;/h7H,1-6H2;1H. The van der Waals surface area contributed by atoms with Gasteiger partial charge in [0, 0.05) is 23.7 Å². The minimum Gasteiger partial charge on any atom is -0.378 e. The van der Waals surface area contributed by atoms with Gasteiger partial charge in [-0.25, -0.2) is 0 Å². The molecule has 1 atom stereocenters. The van der Waals surface area contributed by atoms with Crippen molar-refractivity contribution in [1.29, 1.82) is 0 Å². The van der Waals surface area contributed by atoms with Crippen LogP contribution >= 0.6 is 44.7 Å². The van der Waals surface area contributed by atoms with Crippen LogP contribution in [0, 0.1) is 0 Å². The Hall–Kier alpha value is 0.740. The van der Waals surface area contributed by atoms with Crippen molar-refractivity contribution in [3.63, 3.8) is 0 Å². The van der Waals surface area contributed by atoms with E-state index in [1.807, 2.05) is 11.8 Å². The number of alkyl halides is 1. The van der Waals surface area contributed by atoms with Crippen LogP contribution in [0.3, 0.4) is 0 Å². The fourth-order valence-electron chi connectivity index (χ4n) is 1.41. The Labute approximate surface area is 108 Å². The van der Waals surface area contributed by atoms with Crippen LogP contribution in [-0.2, 0) is 4.74 Å². The van der Waals surface area contributed by atoms with E-state index in [1.54, 1.807) is 0 Å². The quantitative estimate of drug-likeness (QED) is 0.677. The number of halogens is 2. The summed E-state index contributed by atoms with van der Waals surface area (Å²) in [5, 5.41) is 2.89. The summed E-state index contributed by atoms with van der Waals surface area (Å²) in [4.78, 5) is 6.86. The molecule has 0 aromatic carbocycles. The molecule has 1 fully saturated rings. The van der Waals surface area contributed by atoms with Crippen LogP contribution in [-0.4, -0.2) is 53.5 Å². The Kier molecular flexibility index (Phi) is 5.81. The number of nitrogens with zero attached hydrogens (tertiary/aromatic N) is 2. The molecule has 0 bridgehead atoms. The lowest BCUT2D eigenvalue weighted by Crippen LogP contribution is -2.39. The lowest BCUT2D eigenvalue weighted by molar-refractivity contribution is 0.0693. The lowest BCUT2D eigenvalue weighted by atomic mass is 10.4. The van der Waals surface area contributed by atoms with Gasteiger partial charge in [0.25, 0.3) is 0 Å². The van der Waals surface area contributed by atoms with Crippen molar-refractivity contribution >= 4 is 49.8 Å². The van der Waals surface area contributed by atoms with Gasteiger partial charge in [0.1, 0.15) is 0 Å². The average Bonchev–Trinajstić information content (AvgIpc) is 2.67. The van der Waals surface area contributed by atoms with E-state index in [0.29, 0.717) is 5.25 Å². The highest BCUT2D eigenvalue weighted by Crippen LogP contribution is 2.25. The minimum absolute atomic E-state index is 0. The molecule has 0 aromatic heterocycles. The summed E-state index contributed by atoms with van der Waals surface area (Å²) >= 11 is 5.38. The smallest absolute Gasteiger partial charge is 0.159 e. The number of morpholine rings is 1. The molecule has 0 spiro atoms. The van der Waals surface area contributed by atoms with E-state index in [0.717, 1.165) is 38.2 Å². The first-order valence-electron chi connectivity index (χ1n) is 4.50. The molecule has 2 heterocycles. The Morgan fingerprint density at radius 2 is 2.21 bits per heavy atom. The van der Waals surface area contributed by atoms with E-state index in [9.17, 15) is 0 Å². The summed E-state index contributed by atoms with van der Waals surface area (Å²) in [6, 6.07) is 0. The van der Waals surface area contributed by atoms with Crippen LogP contribution in [0.5, 0.6) is 0 Å². The number of hydrogen-bond donors (Lipinski definition) is 0. The van der Waals surface area contributed by atoms with Gasteiger partial charge >= 0.3 is 0 Å². The van der Waals surface area contributed by atoms with Crippen molar-refractivity contribution in [1.82, 2.24) is 4.90 Å². The maximum Gasteiger partial charge on any atom is 0.159 e. The lowest BCUT2D eigenvalue weighted by Gasteiger charge is -2.28. The van der Waals surface area contributed by atoms with E-state index >= 15 is 0 Å². The van der Waals surface area contributed by atoms with Crippen molar-refractivity contribution in [3.05, 3.63) is 0 Å². The predicted octanol–water partition coefficient (Wildman–Crippen LogP) is 1.76. The minimum atomic E-state index is 0. The normalized spacial score (nSPS) is 27.1. The van der Waals surface area contributed by atoms with Gasteiger partial charge in [-0.3, -0.25) is 4.99 Å². The van der Waals surface area contributed by atoms with Crippen molar-refractivity contribution < 1.29 is 4.74 Å². The fourth-order valence-corrected chi connectivity index (χ4v) is 3.01. The summed E-state index contributed by atoms with van der Waals surface area (Å²) in [6.07, 6.45) is 0. The molecule has 0 N–H and O–H groups in total. The molecule has 0 amide bonds. The number of hydrogen-bond acceptors (Lipinski definition) is 4. The summed E-state index contributed by atoms with van der Waals surface area (Å²) in [5.74, 6) is 0. The molecule has 0 aromatic rings. The molecular formula is C8H14Br2N2OS. The molecule has 82 valence electrons. The van der Waals surface area contributed by atoms with Crippen LogP contribution in [0.2, 0.25) is 0 Å². The third kappa shape index (κ3) is 3.12. The highest BCUT2D eigenvalue weighted by molar-refractivity contribution is 9.09. The average molecular weight is 346 g/mol. The molecule has 0 radical (unpaired) electrons. The number of amidine groups is 1. The molecule has 2 aliphatic heterocycles. The van der Waals surface area contributed by atoms with Gasteiger partial charge in [-0.2, -0.15) is 0 Å². The summed E-state index contributed by atoms with van der Waals surface area (Å²) in [5.41, 5.74) is 0. The first-order valence-corrected chi connectivity index (χ1v) is 6.50. The SMILES string of the molecule is Br.BrCC1CN=C(N2CCOCC2)S1. The van der Waals surface area contributed by atoms with Crippen molar-refractivity contribution in [2.45, 2.75) is 5.25 Å². The molecule has 0 saturated carbocycles. The number of ether oxygens (including phenoxy) is 1. The zero-order valence-electron chi connectivity index (χ0n) is 7.82. The highest BCUT2D eigenvalue weighted by atomic mass is 79.9. The third-order valence-corrected chi connectivity index (χ3v) is 4.61. The second kappa shape index (κ2) is 6.35. The van der Waals surface area contributed by atoms with E-state index in [4.69, 9.17) is 4.74 Å². The molecule has 14 heavy (non-hydrogen) atoms. The molecule has 0 aliphatic carbocycles. The Morgan fingerprint density at radius 1 is 1.50 bits per heavy atom. The molecule has 2 aliphatic rings. The topological polar surface area (TPSA) is 24.8 Å². The van der Waals surface area contributed by atoms with Crippen LogP contribution in [0.25, 0.3) is 0 Å². The summed E-state index contributed by atoms with van der Waals surface area (Å²) in [6.45, 7) is 4.65. The van der Waals surface area contributed by atoms with Crippen molar-refractivity contribution in [2.75, 3.05) is 38.2 Å². The Bertz CT molecular complexity index is 210. The first-order chi connectivity index (χ1) is 6.40. The summed E-state index contributed by atoms with van der Waals surface area (Å²) in [7, 11) is 0. The van der Waals surface area contributed by atoms with Gasteiger partial charge in [-0.05, 0) is 0 Å². The van der Waals surface area contributed by atoms with Crippen LogP contribution in [0.15, 0.2) is 4.99 Å². The second-order valence-corrected chi connectivity index (χ2v) is 5.03. The third-order valence-electron chi connectivity index (χ3n) is 2.16. The van der Waals surface area contributed by atoms with Crippen molar-refractivity contribution in [2.24, 2.45) is 4.99 Å². The fraction of sp³-hybridized carbons (Fsp3) is 0.875. The second-order valence-electron chi connectivity index (χ2n) is 3.12. The summed E-state index contributed by atoms with van der Waals surface area (Å²) < 4.78 is 5.30.